The first-order valence-corrected chi connectivity index (χ1v) is 15.6. The van der Waals surface area contributed by atoms with Crippen LogP contribution in [-0.2, 0) is 4.12 Å². The summed E-state index contributed by atoms with van der Waals surface area (Å²) < 4.78 is 40.2. The number of benzene rings is 2. The zero-order valence-corrected chi connectivity index (χ0v) is 19.3. The van der Waals surface area contributed by atoms with Crippen LogP contribution in [0.1, 0.15) is 18.4 Å². The van der Waals surface area contributed by atoms with Crippen LogP contribution in [-0.4, -0.2) is 28.3 Å². The number of ether oxygens (including phenoxy) is 1. The molecule has 28 heavy (non-hydrogen) atoms. The first kappa shape index (κ1) is 22.7. The van der Waals surface area contributed by atoms with Crippen molar-refractivity contribution < 1.29 is 22.4 Å². The van der Waals surface area contributed by atoms with Gasteiger partial charge in [-0.1, -0.05) is 36.2 Å². The van der Waals surface area contributed by atoms with Crippen molar-refractivity contribution in [2.75, 3.05) is 6.61 Å². The number of rotatable bonds is 9. The standard InChI is InChI=1S/C21H30F2O3Si2/c1-16-8-10-17(11-9-16)18-12-13-19(21(23)20(18)22)25-14-6-7-15-27(2,3)26-28(4,5)24/h8-13,24H,6-7,14-15H2,1-5H3. The molecular weight excluding hydrogens is 394 g/mol. The monoisotopic (exact) mass is 424 g/mol. The third-order valence-electron chi connectivity index (χ3n) is 4.37. The van der Waals surface area contributed by atoms with Crippen LogP contribution in [0.5, 0.6) is 5.75 Å². The van der Waals surface area contributed by atoms with Crippen LogP contribution in [0.3, 0.4) is 0 Å². The molecule has 0 saturated carbocycles. The van der Waals surface area contributed by atoms with Crippen LogP contribution in [0.4, 0.5) is 8.78 Å². The fourth-order valence-corrected chi connectivity index (χ4v) is 10.1. The Hall–Kier alpha value is -1.55. The predicted octanol–water partition coefficient (Wildman–Crippen LogP) is 6.02. The lowest BCUT2D eigenvalue weighted by molar-refractivity contribution is 0.288. The van der Waals surface area contributed by atoms with Gasteiger partial charge in [-0.05, 0) is 63.3 Å². The molecular formula is C21H30F2O3Si2. The van der Waals surface area contributed by atoms with Gasteiger partial charge in [0.25, 0.3) is 0 Å². The smallest absolute Gasteiger partial charge is 0.318 e. The maximum Gasteiger partial charge on any atom is 0.318 e. The van der Waals surface area contributed by atoms with Gasteiger partial charge in [0.15, 0.2) is 19.9 Å². The molecule has 0 spiro atoms. The lowest BCUT2D eigenvalue weighted by atomic mass is 10.0. The second-order valence-corrected chi connectivity index (χ2v) is 15.9. The highest BCUT2D eigenvalue weighted by Crippen LogP contribution is 2.30. The SMILES string of the molecule is Cc1ccc(-c2ccc(OCCCC[Si](C)(C)O[Si](C)(C)O)c(F)c2F)cc1. The largest absolute Gasteiger partial charge is 0.490 e. The molecule has 0 aliphatic carbocycles. The lowest BCUT2D eigenvalue weighted by Crippen LogP contribution is -2.44. The van der Waals surface area contributed by atoms with Crippen molar-refractivity contribution in [1.82, 2.24) is 0 Å². The van der Waals surface area contributed by atoms with Gasteiger partial charge in [0.1, 0.15) is 0 Å². The minimum Gasteiger partial charge on any atom is -0.490 e. The van der Waals surface area contributed by atoms with E-state index >= 15 is 0 Å². The summed E-state index contributed by atoms with van der Waals surface area (Å²) in [5.41, 5.74) is 1.92. The van der Waals surface area contributed by atoms with Gasteiger partial charge in [-0.15, -0.1) is 0 Å². The van der Waals surface area contributed by atoms with Crippen molar-refractivity contribution in [2.45, 2.75) is 52.0 Å². The highest BCUT2D eigenvalue weighted by molar-refractivity contribution is 6.81. The van der Waals surface area contributed by atoms with E-state index < -0.39 is 28.5 Å². The number of hydrogen-bond acceptors (Lipinski definition) is 3. The van der Waals surface area contributed by atoms with Crippen molar-refractivity contribution in [3.8, 4) is 16.9 Å². The van der Waals surface area contributed by atoms with E-state index in [1.54, 1.807) is 31.3 Å². The average molecular weight is 425 g/mol. The van der Waals surface area contributed by atoms with E-state index in [1.165, 1.54) is 6.07 Å². The number of halogens is 2. The van der Waals surface area contributed by atoms with Crippen molar-refractivity contribution in [3.63, 3.8) is 0 Å². The summed E-state index contributed by atoms with van der Waals surface area (Å²) in [5.74, 6) is -1.91. The molecule has 0 amide bonds. The summed E-state index contributed by atoms with van der Waals surface area (Å²) in [6.45, 7) is 9.95. The molecule has 3 nitrogen and oxygen atoms in total. The van der Waals surface area contributed by atoms with Crippen molar-refractivity contribution in [2.24, 2.45) is 0 Å². The molecule has 0 unspecified atom stereocenters. The van der Waals surface area contributed by atoms with Crippen molar-refractivity contribution in [3.05, 3.63) is 53.6 Å². The summed E-state index contributed by atoms with van der Waals surface area (Å²) in [6.07, 6.45) is 1.57. The Morgan fingerprint density at radius 2 is 1.54 bits per heavy atom. The Balaban J connectivity index is 1.90. The summed E-state index contributed by atoms with van der Waals surface area (Å²) in [5, 5.41) is 0. The molecule has 154 valence electrons. The van der Waals surface area contributed by atoms with E-state index in [2.05, 4.69) is 13.1 Å². The van der Waals surface area contributed by atoms with E-state index in [0.717, 1.165) is 18.0 Å². The van der Waals surface area contributed by atoms with E-state index in [0.29, 0.717) is 18.6 Å². The third-order valence-corrected chi connectivity index (χ3v) is 10.1. The minimum absolute atomic E-state index is 0.0648. The Labute approximate surface area is 168 Å². The molecule has 7 heteroatoms. The maximum absolute atomic E-state index is 14.5. The van der Waals surface area contributed by atoms with Crippen LogP contribution < -0.4 is 4.74 Å². The third kappa shape index (κ3) is 6.81. The maximum atomic E-state index is 14.5. The molecule has 0 aromatic heterocycles. The quantitative estimate of drug-likeness (QED) is 0.395. The van der Waals surface area contributed by atoms with Gasteiger partial charge in [-0.3, -0.25) is 0 Å². The molecule has 0 atom stereocenters. The van der Waals surface area contributed by atoms with Crippen molar-refractivity contribution in [1.29, 1.82) is 0 Å². The second kappa shape index (κ2) is 9.30. The molecule has 0 aliphatic heterocycles. The fraction of sp³-hybridized carbons (Fsp3) is 0.429. The molecule has 0 heterocycles. The highest BCUT2D eigenvalue weighted by Gasteiger charge is 2.31. The molecule has 0 bridgehead atoms. The Morgan fingerprint density at radius 3 is 2.14 bits per heavy atom. The van der Waals surface area contributed by atoms with Gasteiger partial charge in [-0.2, -0.15) is 4.39 Å². The number of aryl methyl sites for hydroxylation is 1. The highest BCUT2D eigenvalue weighted by atomic mass is 28.4. The zero-order valence-electron chi connectivity index (χ0n) is 17.3. The van der Waals surface area contributed by atoms with Crippen LogP contribution >= 0.6 is 0 Å². The van der Waals surface area contributed by atoms with Gasteiger partial charge in [0.05, 0.1) is 6.61 Å². The van der Waals surface area contributed by atoms with Crippen LogP contribution in [0.2, 0.25) is 32.2 Å². The molecule has 2 aromatic rings. The van der Waals surface area contributed by atoms with E-state index in [4.69, 9.17) is 8.85 Å². The first-order chi connectivity index (χ1) is 13.0. The molecule has 0 fully saturated rings. The van der Waals surface area contributed by atoms with Gasteiger partial charge >= 0.3 is 8.56 Å². The lowest BCUT2D eigenvalue weighted by Gasteiger charge is -2.29. The first-order valence-electron chi connectivity index (χ1n) is 9.59. The molecule has 0 saturated heterocycles. The van der Waals surface area contributed by atoms with Crippen LogP contribution in [0.15, 0.2) is 36.4 Å². The predicted molar refractivity (Wildman–Crippen MR) is 114 cm³/mol. The average Bonchev–Trinajstić information content (AvgIpc) is 2.57. The summed E-state index contributed by atoms with van der Waals surface area (Å²) >= 11 is 0. The van der Waals surface area contributed by atoms with Gasteiger partial charge in [0, 0.05) is 5.56 Å². The Morgan fingerprint density at radius 1 is 0.893 bits per heavy atom. The fourth-order valence-electron chi connectivity index (χ4n) is 3.16. The van der Waals surface area contributed by atoms with Crippen LogP contribution in [0, 0.1) is 18.6 Å². The molecule has 0 radical (unpaired) electrons. The molecule has 2 aromatic carbocycles. The number of hydrogen-bond donors (Lipinski definition) is 1. The van der Waals surface area contributed by atoms with Crippen molar-refractivity contribution >= 4 is 16.9 Å². The molecule has 2 rings (SSSR count). The summed E-state index contributed by atoms with van der Waals surface area (Å²) in [6, 6.07) is 11.2. The summed E-state index contributed by atoms with van der Waals surface area (Å²) in [4.78, 5) is 9.93. The summed E-state index contributed by atoms with van der Waals surface area (Å²) in [7, 11) is -4.44. The van der Waals surface area contributed by atoms with Crippen LogP contribution in [0.25, 0.3) is 11.1 Å². The second-order valence-electron chi connectivity index (χ2n) is 8.22. The van der Waals surface area contributed by atoms with Gasteiger partial charge < -0.3 is 13.6 Å². The van der Waals surface area contributed by atoms with Gasteiger partial charge in [0.2, 0.25) is 5.82 Å². The van der Waals surface area contributed by atoms with Gasteiger partial charge in [-0.25, -0.2) is 4.39 Å². The minimum atomic E-state index is -2.52. The van der Waals surface area contributed by atoms with E-state index in [1.807, 2.05) is 19.1 Å². The molecule has 0 aliphatic rings. The van der Waals surface area contributed by atoms with E-state index in [9.17, 15) is 13.6 Å². The number of unbranched alkanes of at least 4 members (excludes halogenated alkanes) is 1. The zero-order chi connectivity index (χ0) is 20.9. The topological polar surface area (TPSA) is 38.7 Å². The Kier molecular flexibility index (Phi) is 7.55. The van der Waals surface area contributed by atoms with E-state index in [-0.39, 0.29) is 11.3 Å². The normalized spacial score (nSPS) is 12.3. The molecule has 1 N–H and O–H groups in total. The Bertz CT molecular complexity index is 787.